The summed E-state index contributed by atoms with van der Waals surface area (Å²) in [6, 6.07) is 5.60. The molecule has 1 unspecified atom stereocenters. The summed E-state index contributed by atoms with van der Waals surface area (Å²) in [5, 5.41) is 5.73. The van der Waals surface area contributed by atoms with Crippen LogP contribution >= 0.6 is 0 Å². The lowest BCUT2D eigenvalue weighted by atomic mass is 10.1. The lowest BCUT2D eigenvalue weighted by Gasteiger charge is -2.18. The number of aryl methyl sites for hydroxylation is 1. The third kappa shape index (κ3) is 4.81. The van der Waals surface area contributed by atoms with Crippen LogP contribution in [0.4, 0.5) is 10.5 Å². The number of rotatable bonds is 5. The fourth-order valence-corrected chi connectivity index (χ4v) is 1.53. The molecule has 0 saturated carbocycles. The highest BCUT2D eigenvalue weighted by atomic mass is 16.5. The fourth-order valence-electron chi connectivity index (χ4n) is 1.53. The molecule has 0 spiro atoms. The second kappa shape index (κ2) is 7.02. The molecule has 0 saturated heterocycles. The zero-order valence-corrected chi connectivity index (χ0v) is 12.4. The molecule has 0 fully saturated rings. The van der Waals surface area contributed by atoms with Gasteiger partial charge < -0.3 is 15.4 Å². The summed E-state index contributed by atoms with van der Waals surface area (Å²) in [4.78, 5) is 11.8. The van der Waals surface area contributed by atoms with Crippen molar-refractivity contribution in [2.75, 3.05) is 11.9 Å². The Hall–Kier alpha value is -1.71. The molecule has 0 bridgehead atoms. The van der Waals surface area contributed by atoms with Gasteiger partial charge in [-0.2, -0.15) is 0 Å². The predicted octanol–water partition coefficient (Wildman–Crippen LogP) is 3.56. The quantitative estimate of drug-likeness (QED) is 0.854. The standard InChI is InChI=1S/C15H24N2O2/c1-6-19-14-9-13(8-7-11(14)4)17-15(18)16-12(5)10(2)3/h7-10,12H,6H2,1-5H3,(H2,16,17,18). The number of ether oxygens (including phenoxy) is 1. The first-order valence-electron chi connectivity index (χ1n) is 6.75. The summed E-state index contributed by atoms with van der Waals surface area (Å²) < 4.78 is 5.51. The molecule has 0 aliphatic heterocycles. The van der Waals surface area contributed by atoms with E-state index in [0.717, 1.165) is 17.0 Å². The Morgan fingerprint density at radius 2 is 2.00 bits per heavy atom. The molecule has 0 radical (unpaired) electrons. The topological polar surface area (TPSA) is 50.4 Å². The van der Waals surface area contributed by atoms with Crippen LogP contribution in [0.15, 0.2) is 18.2 Å². The van der Waals surface area contributed by atoms with Crippen molar-refractivity contribution in [3.8, 4) is 5.75 Å². The highest BCUT2D eigenvalue weighted by Gasteiger charge is 2.11. The van der Waals surface area contributed by atoms with Crippen LogP contribution in [-0.4, -0.2) is 18.7 Å². The number of carbonyl (C=O) groups excluding carboxylic acids is 1. The van der Waals surface area contributed by atoms with Crippen LogP contribution in [0.2, 0.25) is 0 Å². The van der Waals surface area contributed by atoms with Crippen molar-refractivity contribution in [1.29, 1.82) is 0 Å². The molecule has 1 rings (SSSR count). The van der Waals surface area contributed by atoms with Crippen LogP contribution in [0.5, 0.6) is 5.75 Å². The van der Waals surface area contributed by atoms with Gasteiger partial charge in [0.25, 0.3) is 0 Å². The molecule has 2 amide bonds. The monoisotopic (exact) mass is 264 g/mol. The largest absolute Gasteiger partial charge is 0.494 e. The fraction of sp³-hybridized carbons (Fsp3) is 0.533. The molecule has 1 atom stereocenters. The number of hydrogen-bond donors (Lipinski definition) is 2. The summed E-state index contributed by atoms with van der Waals surface area (Å²) in [7, 11) is 0. The van der Waals surface area contributed by atoms with Crippen LogP contribution < -0.4 is 15.4 Å². The van der Waals surface area contributed by atoms with Gasteiger partial charge in [-0.15, -0.1) is 0 Å². The summed E-state index contributed by atoms with van der Waals surface area (Å²) in [5.41, 5.74) is 1.80. The van der Waals surface area contributed by atoms with E-state index in [2.05, 4.69) is 24.5 Å². The van der Waals surface area contributed by atoms with Gasteiger partial charge in [0.15, 0.2) is 0 Å². The summed E-state index contributed by atoms with van der Waals surface area (Å²) in [6.07, 6.45) is 0. The molecule has 19 heavy (non-hydrogen) atoms. The molecular weight excluding hydrogens is 240 g/mol. The maximum atomic E-state index is 11.8. The number of anilines is 1. The lowest BCUT2D eigenvalue weighted by molar-refractivity contribution is 0.246. The van der Waals surface area contributed by atoms with E-state index in [1.807, 2.05) is 39.0 Å². The molecule has 106 valence electrons. The first-order valence-corrected chi connectivity index (χ1v) is 6.75. The SMILES string of the molecule is CCOc1cc(NC(=O)NC(C)C(C)C)ccc1C. The second-order valence-corrected chi connectivity index (χ2v) is 5.04. The molecule has 2 N–H and O–H groups in total. The van der Waals surface area contributed by atoms with Crippen LogP contribution in [0.1, 0.15) is 33.3 Å². The summed E-state index contributed by atoms with van der Waals surface area (Å²) in [5.74, 6) is 1.21. The van der Waals surface area contributed by atoms with Crippen molar-refractivity contribution in [2.45, 2.75) is 40.7 Å². The van der Waals surface area contributed by atoms with Crippen molar-refractivity contribution < 1.29 is 9.53 Å². The lowest BCUT2D eigenvalue weighted by Crippen LogP contribution is -2.38. The number of hydrogen-bond acceptors (Lipinski definition) is 2. The normalized spacial score (nSPS) is 12.1. The molecule has 1 aromatic carbocycles. The van der Waals surface area contributed by atoms with Gasteiger partial charge in [0.05, 0.1) is 6.61 Å². The third-order valence-corrected chi connectivity index (χ3v) is 3.10. The van der Waals surface area contributed by atoms with E-state index < -0.39 is 0 Å². The zero-order chi connectivity index (χ0) is 14.4. The Bertz CT molecular complexity index is 430. The third-order valence-electron chi connectivity index (χ3n) is 3.10. The number of nitrogens with one attached hydrogen (secondary N) is 2. The van der Waals surface area contributed by atoms with Crippen molar-refractivity contribution in [3.63, 3.8) is 0 Å². The van der Waals surface area contributed by atoms with Crippen LogP contribution in [0, 0.1) is 12.8 Å². The van der Waals surface area contributed by atoms with Crippen molar-refractivity contribution in [1.82, 2.24) is 5.32 Å². The van der Waals surface area contributed by atoms with E-state index in [1.165, 1.54) is 0 Å². The minimum Gasteiger partial charge on any atom is -0.494 e. The van der Waals surface area contributed by atoms with E-state index in [0.29, 0.717) is 12.5 Å². The highest BCUT2D eigenvalue weighted by molar-refractivity contribution is 5.89. The smallest absolute Gasteiger partial charge is 0.319 e. The molecule has 0 aromatic heterocycles. The van der Waals surface area contributed by atoms with Crippen molar-refractivity contribution in [3.05, 3.63) is 23.8 Å². The zero-order valence-electron chi connectivity index (χ0n) is 12.4. The Kier molecular flexibility index (Phi) is 5.67. The highest BCUT2D eigenvalue weighted by Crippen LogP contribution is 2.22. The van der Waals surface area contributed by atoms with Crippen LogP contribution in [-0.2, 0) is 0 Å². The average molecular weight is 264 g/mol. The Labute approximate surface area is 115 Å². The number of amides is 2. The van der Waals surface area contributed by atoms with E-state index in [4.69, 9.17) is 4.74 Å². The Morgan fingerprint density at radius 3 is 2.58 bits per heavy atom. The van der Waals surface area contributed by atoms with E-state index in [9.17, 15) is 4.79 Å². The van der Waals surface area contributed by atoms with Crippen LogP contribution in [0.25, 0.3) is 0 Å². The number of urea groups is 1. The van der Waals surface area contributed by atoms with Gasteiger partial charge in [-0.3, -0.25) is 0 Å². The Morgan fingerprint density at radius 1 is 1.32 bits per heavy atom. The average Bonchev–Trinajstić information content (AvgIpc) is 2.33. The van der Waals surface area contributed by atoms with Crippen LogP contribution in [0.3, 0.4) is 0 Å². The molecule has 4 nitrogen and oxygen atoms in total. The molecular formula is C15H24N2O2. The Balaban J connectivity index is 2.66. The molecule has 0 heterocycles. The maximum Gasteiger partial charge on any atom is 0.319 e. The molecule has 0 aliphatic rings. The van der Waals surface area contributed by atoms with Gasteiger partial charge >= 0.3 is 6.03 Å². The molecule has 0 aliphatic carbocycles. The van der Waals surface area contributed by atoms with E-state index in [-0.39, 0.29) is 12.1 Å². The van der Waals surface area contributed by atoms with Crippen molar-refractivity contribution in [2.24, 2.45) is 5.92 Å². The summed E-state index contributed by atoms with van der Waals surface area (Å²) in [6.45, 7) is 10.7. The minimum atomic E-state index is -0.187. The van der Waals surface area contributed by atoms with Gasteiger partial charge in [0.1, 0.15) is 5.75 Å². The molecule has 4 heteroatoms. The first kappa shape index (κ1) is 15.3. The van der Waals surface area contributed by atoms with Crippen molar-refractivity contribution >= 4 is 11.7 Å². The second-order valence-electron chi connectivity index (χ2n) is 5.04. The van der Waals surface area contributed by atoms with Gasteiger partial charge in [-0.05, 0) is 38.3 Å². The van der Waals surface area contributed by atoms with E-state index in [1.54, 1.807) is 0 Å². The predicted molar refractivity (Wildman–Crippen MR) is 78.8 cm³/mol. The van der Waals surface area contributed by atoms with Gasteiger partial charge in [0.2, 0.25) is 0 Å². The molecule has 1 aromatic rings. The summed E-state index contributed by atoms with van der Waals surface area (Å²) >= 11 is 0. The van der Waals surface area contributed by atoms with Gasteiger partial charge in [-0.25, -0.2) is 4.79 Å². The maximum absolute atomic E-state index is 11.8. The number of carbonyl (C=O) groups is 1. The first-order chi connectivity index (χ1) is 8.93. The minimum absolute atomic E-state index is 0.136. The number of benzene rings is 1. The van der Waals surface area contributed by atoms with Gasteiger partial charge in [0, 0.05) is 17.8 Å². The van der Waals surface area contributed by atoms with Gasteiger partial charge in [-0.1, -0.05) is 19.9 Å². The van der Waals surface area contributed by atoms with E-state index >= 15 is 0 Å².